The van der Waals surface area contributed by atoms with Crippen molar-refractivity contribution in [1.82, 2.24) is 0 Å². The third kappa shape index (κ3) is 2.34. The van der Waals surface area contributed by atoms with Crippen LogP contribution in [-0.4, -0.2) is 17.0 Å². The van der Waals surface area contributed by atoms with Gasteiger partial charge in [-0.1, -0.05) is 13.5 Å². The molecular formula is C7H9FO4. The lowest BCUT2D eigenvalue weighted by molar-refractivity contribution is -0.179. The molecule has 0 aromatic rings. The van der Waals surface area contributed by atoms with E-state index in [0.29, 0.717) is 0 Å². The van der Waals surface area contributed by atoms with Crippen LogP contribution in [0.3, 0.4) is 0 Å². The lowest BCUT2D eigenvalue weighted by Crippen LogP contribution is -2.20. The van der Waals surface area contributed by atoms with E-state index in [-0.39, 0.29) is 12.0 Å². The highest BCUT2D eigenvalue weighted by atomic mass is 19.3. The van der Waals surface area contributed by atoms with Crippen molar-refractivity contribution >= 4 is 11.9 Å². The molecule has 1 unspecified atom stereocenters. The van der Waals surface area contributed by atoms with Gasteiger partial charge in [0.25, 0.3) is 0 Å². The van der Waals surface area contributed by atoms with E-state index in [1.165, 1.54) is 0 Å². The van der Waals surface area contributed by atoms with Gasteiger partial charge in [-0.3, -0.25) is 4.79 Å². The van der Waals surface area contributed by atoms with Crippen LogP contribution in [0.1, 0.15) is 13.3 Å². The Bertz CT molecular complexity index is 211. The van der Waals surface area contributed by atoms with Crippen molar-refractivity contribution in [2.75, 3.05) is 0 Å². The monoisotopic (exact) mass is 176 g/mol. The highest BCUT2D eigenvalue weighted by molar-refractivity contribution is 5.94. The van der Waals surface area contributed by atoms with E-state index >= 15 is 0 Å². The zero-order chi connectivity index (χ0) is 9.72. The van der Waals surface area contributed by atoms with Crippen molar-refractivity contribution in [2.45, 2.75) is 13.3 Å². The van der Waals surface area contributed by atoms with Crippen molar-refractivity contribution in [2.24, 2.45) is 5.92 Å². The fourth-order valence-electron chi connectivity index (χ4n) is 0.762. The van der Waals surface area contributed by atoms with Crippen LogP contribution < -0.4 is 0 Å². The van der Waals surface area contributed by atoms with E-state index in [2.05, 4.69) is 11.5 Å². The Labute approximate surface area is 68.5 Å². The van der Waals surface area contributed by atoms with Crippen molar-refractivity contribution in [3.05, 3.63) is 12.2 Å². The van der Waals surface area contributed by atoms with Crippen LogP contribution in [0.15, 0.2) is 12.2 Å². The summed E-state index contributed by atoms with van der Waals surface area (Å²) in [6.07, 6.45) is 0.170. The van der Waals surface area contributed by atoms with E-state index in [1.807, 2.05) is 0 Å². The zero-order valence-electron chi connectivity index (χ0n) is 6.54. The van der Waals surface area contributed by atoms with Crippen molar-refractivity contribution < 1.29 is 24.2 Å². The van der Waals surface area contributed by atoms with Crippen LogP contribution in [0, 0.1) is 5.92 Å². The molecule has 0 radical (unpaired) electrons. The Morgan fingerprint density at radius 1 is 1.67 bits per heavy atom. The second-order valence-electron chi connectivity index (χ2n) is 2.19. The second kappa shape index (κ2) is 4.48. The first-order valence-corrected chi connectivity index (χ1v) is 3.29. The van der Waals surface area contributed by atoms with Crippen molar-refractivity contribution in [1.29, 1.82) is 0 Å². The number of aliphatic carboxylic acids is 1. The standard InChI is InChI=1S/C7H9FO4/c1-3-5(6(9)10)4(2)7(11)12-8/h5H,2-3H2,1H3,(H,9,10). The van der Waals surface area contributed by atoms with Gasteiger partial charge in [0.15, 0.2) is 0 Å². The maximum atomic E-state index is 11.3. The second-order valence-corrected chi connectivity index (χ2v) is 2.19. The lowest BCUT2D eigenvalue weighted by Gasteiger charge is -2.08. The Hall–Kier alpha value is -1.39. The zero-order valence-corrected chi connectivity index (χ0v) is 6.54. The predicted molar refractivity (Wildman–Crippen MR) is 37.8 cm³/mol. The summed E-state index contributed by atoms with van der Waals surface area (Å²) in [6.45, 7) is 4.67. The summed E-state index contributed by atoms with van der Waals surface area (Å²) in [7, 11) is 0. The third-order valence-electron chi connectivity index (χ3n) is 1.46. The highest BCUT2D eigenvalue weighted by Gasteiger charge is 2.25. The van der Waals surface area contributed by atoms with Crippen LogP contribution in [0.4, 0.5) is 4.53 Å². The predicted octanol–water partition coefficient (Wildman–Crippen LogP) is 1.08. The topological polar surface area (TPSA) is 63.6 Å². The Morgan fingerprint density at radius 2 is 2.17 bits per heavy atom. The summed E-state index contributed by atoms with van der Waals surface area (Å²) in [5, 5.41) is 8.50. The van der Waals surface area contributed by atoms with E-state index in [9.17, 15) is 14.1 Å². The maximum Gasteiger partial charge on any atom is 0.375 e. The number of carboxylic acids is 1. The van der Waals surface area contributed by atoms with Gasteiger partial charge in [0.05, 0.1) is 5.92 Å². The molecule has 0 fully saturated rings. The molecule has 4 nitrogen and oxygen atoms in total. The molecule has 1 N–H and O–H groups in total. The molecule has 68 valence electrons. The SMILES string of the molecule is C=C(C(=O)OF)C(CC)C(=O)O. The smallest absolute Gasteiger partial charge is 0.375 e. The number of hydrogen-bond donors (Lipinski definition) is 1. The molecule has 0 saturated carbocycles. The molecule has 0 aliphatic heterocycles. The van der Waals surface area contributed by atoms with Gasteiger partial charge in [0.2, 0.25) is 0 Å². The van der Waals surface area contributed by atoms with Crippen LogP contribution in [0.2, 0.25) is 0 Å². The molecule has 0 spiro atoms. The minimum absolute atomic E-state index is 0.170. The molecule has 0 aromatic heterocycles. The highest BCUT2D eigenvalue weighted by Crippen LogP contribution is 2.14. The minimum Gasteiger partial charge on any atom is -0.481 e. The first-order valence-electron chi connectivity index (χ1n) is 3.29. The van der Waals surface area contributed by atoms with Crippen LogP contribution in [0.25, 0.3) is 0 Å². The van der Waals surface area contributed by atoms with Gasteiger partial charge in [-0.2, -0.15) is 0 Å². The summed E-state index contributed by atoms with van der Waals surface area (Å²) < 4.78 is 11.3. The van der Waals surface area contributed by atoms with Crippen LogP contribution in [0.5, 0.6) is 0 Å². The molecule has 0 rings (SSSR count). The van der Waals surface area contributed by atoms with E-state index < -0.39 is 17.9 Å². The maximum absolute atomic E-state index is 11.3. The fraction of sp³-hybridized carbons (Fsp3) is 0.429. The Morgan fingerprint density at radius 3 is 2.42 bits per heavy atom. The quantitative estimate of drug-likeness (QED) is 0.651. The third-order valence-corrected chi connectivity index (χ3v) is 1.46. The van der Waals surface area contributed by atoms with Gasteiger partial charge in [0.1, 0.15) is 0 Å². The first kappa shape index (κ1) is 10.6. The lowest BCUT2D eigenvalue weighted by atomic mass is 9.98. The van der Waals surface area contributed by atoms with Crippen LogP contribution in [-0.2, 0) is 14.5 Å². The Kier molecular flexibility index (Phi) is 3.96. The molecule has 0 aliphatic rings. The van der Waals surface area contributed by atoms with Gasteiger partial charge >= 0.3 is 11.9 Å². The molecule has 1 atom stereocenters. The van der Waals surface area contributed by atoms with E-state index in [4.69, 9.17) is 5.11 Å². The van der Waals surface area contributed by atoms with Crippen LogP contribution >= 0.6 is 0 Å². The number of carbonyl (C=O) groups is 2. The molecule has 5 heteroatoms. The van der Waals surface area contributed by atoms with Gasteiger partial charge in [0, 0.05) is 10.1 Å². The van der Waals surface area contributed by atoms with Gasteiger partial charge in [-0.15, -0.1) is 0 Å². The van der Waals surface area contributed by atoms with Gasteiger partial charge < -0.3 is 5.11 Å². The normalized spacial score (nSPS) is 11.8. The molecule has 12 heavy (non-hydrogen) atoms. The summed E-state index contributed by atoms with van der Waals surface area (Å²) in [4.78, 5) is 23.7. The number of rotatable bonds is 4. The number of carbonyl (C=O) groups excluding carboxylic acids is 1. The fourth-order valence-corrected chi connectivity index (χ4v) is 0.762. The van der Waals surface area contributed by atoms with E-state index in [1.54, 1.807) is 6.92 Å². The average molecular weight is 176 g/mol. The number of hydrogen-bond acceptors (Lipinski definition) is 3. The van der Waals surface area contributed by atoms with Crippen molar-refractivity contribution in [3.63, 3.8) is 0 Å². The first-order chi connectivity index (χ1) is 5.54. The largest absolute Gasteiger partial charge is 0.481 e. The molecular weight excluding hydrogens is 167 g/mol. The molecule has 0 saturated heterocycles. The summed E-state index contributed by atoms with van der Waals surface area (Å²) in [5.41, 5.74) is -0.382. The van der Waals surface area contributed by atoms with Gasteiger partial charge in [-0.05, 0) is 6.42 Å². The molecule has 0 bridgehead atoms. The molecule has 0 aliphatic carbocycles. The Balaban J connectivity index is 4.42. The summed E-state index contributed by atoms with van der Waals surface area (Å²) in [6, 6.07) is 0. The average Bonchev–Trinajstić information content (AvgIpc) is 2.03. The molecule has 0 amide bonds. The van der Waals surface area contributed by atoms with Crippen molar-refractivity contribution in [3.8, 4) is 0 Å². The number of halogens is 1. The molecule has 0 aromatic carbocycles. The minimum atomic E-state index is -1.33. The summed E-state index contributed by atoms with van der Waals surface area (Å²) in [5.74, 6) is -3.62. The number of carboxylic acid groups (broad SMARTS) is 1. The molecule has 0 heterocycles. The van der Waals surface area contributed by atoms with E-state index in [0.717, 1.165) is 0 Å². The summed E-state index contributed by atoms with van der Waals surface area (Å²) >= 11 is 0. The van der Waals surface area contributed by atoms with Gasteiger partial charge in [-0.25, -0.2) is 9.74 Å².